The van der Waals surface area contributed by atoms with Crippen LogP contribution in [0.4, 0.5) is 0 Å². The van der Waals surface area contributed by atoms with Gasteiger partial charge in [-0.05, 0) is 60.2 Å². The number of carboxylic acids is 1. The zero-order chi connectivity index (χ0) is 25.8. The molecule has 3 aromatic rings. The van der Waals surface area contributed by atoms with Crippen molar-refractivity contribution in [3.63, 3.8) is 0 Å². The molecule has 7 nitrogen and oxygen atoms in total. The van der Waals surface area contributed by atoms with Crippen molar-refractivity contribution in [1.82, 2.24) is 0 Å². The number of hydrogen-bond acceptors (Lipinski definition) is 6. The Hall–Kier alpha value is -3.20. The van der Waals surface area contributed by atoms with Crippen LogP contribution >= 0.6 is 0 Å². The molecule has 0 spiro atoms. The number of benzene rings is 3. The average Bonchev–Trinajstić information content (AvgIpc) is 2.92. The lowest BCUT2D eigenvalue weighted by molar-refractivity contribution is -0.142. The monoisotopic (exact) mass is 509 g/mol. The Bertz CT molecular complexity index is 1280. The van der Waals surface area contributed by atoms with Gasteiger partial charge in [-0.2, -0.15) is 0 Å². The van der Waals surface area contributed by atoms with E-state index in [4.69, 9.17) is 15.2 Å². The molecule has 0 radical (unpaired) electrons. The number of methoxy groups -OCH3 is 1. The summed E-state index contributed by atoms with van der Waals surface area (Å²) in [5.41, 5.74) is 8.99. The highest BCUT2D eigenvalue weighted by Crippen LogP contribution is 2.39. The van der Waals surface area contributed by atoms with E-state index in [1.807, 2.05) is 54.6 Å². The smallest absolute Gasteiger partial charge is 0.340 e. The van der Waals surface area contributed by atoms with Gasteiger partial charge in [-0.3, -0.25) is 0 Å². The van der Waals surface area contributed by atoms with Crippen LogP contribution in [0.3, 0.4) is 0 Å². The lowest BCUT2D eigenvalue weighted by atomic mass is 9.82. The summed E-state index contributed by atoms with van der Waals surface area (Å²) in [4.78, 5) is 9.85. The number of carbonyl (C=O) groups is 1. The summed E-state index contributed by atoms with van der Waals surface area (Å²) in [6, 6.07) is 23.2. The molecule has 1 aliphatic carbocycles. The van der Waals surface area contributed by atoms with Gasteiger partial charge in [0.25, 0.3) is 0 Å². The zero-order valence-corrected chi connectivity index (χ0v) is 21.0. The summed E-state index contributed by atoms with van der Waals surface area (Å²) in [7, 11) is -2.81. The van der Waals surface area contributed by atoms with Gasteiger partial charge in [0.05, 0.1) is 24.7 Å². The molecule has 0 aliphatic heterocycles. The first-order valence-corrected chi connectivity index (χ1v) is 13.4. The third-order valence-corrected chi connectivity index (χ3v) is 9.22. The molecular weight excluding hydrogens is 478 g/mol. The van der Waals surface area contributed by atoms with E-state index in [0.29, 0.717) is 25.2 Å². The zero-order valence-electron chi connectivity index (χ0n) is 20.2. The predicted octanol–water partition coefficient (Wildman–Crippen LogP) is 4.65. The number of nitrogens with two attached hydrogens (primary N) is 1. The van der Waals surface area contributed by atoms with Gasteiger partial charge in [0.1, 0.15) is 5.75 Å². The molecule has 0 aromatic heterocycles. The van der Waals surface area contributed by atoms with E-state index in [9.17, 15) is 18.3 Å². The van der Waals surface area contributed by atoms with Gasteiger partial charge < -0.3 is 20.3 Å². The van der Waals surface area contributed by atoms with Crippen LogP contribution < -0.4 is 10.5 Å². The first-order chi connectivity index (χ1) is 17.3. The molecule has 3 atom stereocenters. The van der Waals surface area contributed by atoms with Crippen molar-refractivity contribution in [1.29, 1.82) is 0 Å². The molecule has 1 aliphatic rings. The minimum Gasteiger partial charge on any atom is -0.497 e. The van der Waals surface area contributed by atoms with Crippen molar-refractivity contribution < 1.29 is 27.8 Å². The second-order valence-electron chi connectivity index (χ2n) is 9.14. The topological polar surface area (TPSA) is 116 Å². The lowest BCUT2D eigenvalue weighted by Gasteiger charge is -2.38. The number of ether oxygens (including phenoxy) is 2. The Balaban J connectivity index is 1.54. The largest absolute Gasteiger partial charge is 0.497 e. The summed E-state index contributed by atoms with van der Waals surface area (Å²) in [5.74, 6) is -1.61. The van der Waals surface area contributed by atoms with Crippen LogP contribution in [-0.2, 0) is 26.0 Å². The van der Waals surface area contributed by atoms with Gasteiger partial charge in [0.15, 0.2) is 0 Å². The van der Waals surface area contributed by atoms with Crippen molar-refractivity contribution in [2.75, 3.05) is 7.11 Å². The maximum Gasteiger partial charge on any atom is 0.340 e. The fourth-order valence-corrected chi connectivity index (χ4v) is 6.56. The van der Waals surface area contributed by atoms with E-state index in [0.717, 1.165) is 23.1 Å². The quantitative estimate of drug-likeness (QED) is 0.431. The molecule has 1 fully saturated rings. The summed E-state index contributed by atoms with van der Waals surface area (Å²) in [5, 5.41) is 10.1. The fraction of sp³-hybridized carbons (Fsp3) is 0.321. The molecule has 3 aromatic carbocycles. The van der Waals surface area contributed by atoms with Gasteiger partial charge in [-0.15, -0.1) is 0 Å². The number of sulfone groups is 1. The Morgan fingerprint density at radius 1 is 0.972 bits per heavy atom. The van der Waals surface area contributed by atoms with E-state index >= 15 is 0 Å². The molecule has 0 heterocycles. The Kier molecular flexibility index (Phi) is 7.78. The lowest BCUT2D eigenvalue weighted by Crippen LogP contribution is -2.61. The molecule has 190 valence electrons. The van der Waals surface area contributed by atoms with Crippen molar-refractivity contribution in [3.8, 4) is 16.9 Å². The van der Waals surface area contributed by atoms with Gasteiger partial charge in [-0.25, -0.2) is 13.2 Å². The summed E-state index contributed by atoms with van der Waals surface area (Å²) < 4.78 is 38.5. The minimum absolute atomic E-state index is 0.114. The van der Waals surface area contributed by atoms with Gasteiger partial charge in [0, 0.05) is 5.92 Å². The third-order valence-electron chi connectivity index (χ3n) is 6.93. The van der Waals surface area contributed by atoms with E-state index in [2.05, 4.69) is 0 Å². The summed E-state index contributed by atoms with van der Waals surface area (Å²) in [6.45, 7) is 0.377. The number of rotatable bonds is 9. The molecule has 0 amide bonds. The van der Waals surface area contributed by atoms with Crippen LogP contribution in [0.1, 0.15) is 31.2 Å². The highest BCUT2D eigenvalue weighted by Gasteiger charge is 2.55. The Morgan fingerprint density at radius 3 is 2.17 bits per heavy atom. The van der Waals surface area contributed by atoms with Crippen LogP contribution in [0, 0.1) is 5.92 Å². The molecule has 4 rings (SSSR count). The SMILES string of the molecule is COc1ccc(-c2ccc(S(=O)(=O)C(N)(C(=O)O)C3CCCC(OCc4ccccc4)C3)cc2)cc1. The van der Waals surface area contributed by atoms with E-state index in [1.165, 1.54) is 12.1 Å². The number of carboxylic acid groups (broad SMARTS) is 1. The summed E-state index contributed by atoms with van der Waals surface area (Å²) >= 11 is 0. The Labute approximate surface area is 211 Å². The van der Waals surface area contributed by atoms with Gasteiger partial charge in [0.2, 0.25) is 14.7 Å². The highest BCUT2D eigenvalue weighted by atomic mass is 32.2. The van der Waals surface area contributed by atoms with Crippen LogP contribution in [0.2, 0.25) is 0 Å². The normalized spacial score (nSPS) is 19.8. The molecule has 3 N–H and O–H groups in total. The first-order valence-electron chi connectivity index (χ1n) is 11.9. The Morgan fingerprint density at radius 2 is 1.58 bits per heavy atom. The van der Waals surface area contributed by atoms with Crippen molar-refractivity contribution in [2.45, 2.75) is 48.2 Å². The van der Waals surface area contributed by atoms with E-state index in [1.54, 1.807) is 19.2 Å². The highest BCUT2D eigenvalue weighted by molar-refractivity contribution is 7.93. The van der Waals surface area contributed by atoms with Gasteiger partial charge in [-0.1, -0.05) is 61.0 Å². The molecule has 1 saturated carbocycles. The van der Waals surface area contributed by atoms with E-state index < -0.39 is 26.6 Å². The van der Waals surface area contributed by atoms with Crippen LogP contribution in [-0.4, -0.2) is 37.6 Å². The molecule has 0 saturated heterocycles. The van der Waals surface area contributed by atoms with Crippen molar-refractivity contribution >= 4 is 15.8 Å². The maximum atomic E-state index is 13.6. The van der Waals surface area contributed by atoms with Crippen LogP contribution in [0.25, 0.3) is 11.1 Å². The van der Waals surface area contributed by atoms with Crippen LogP contribution in [0.15, 0.2) is 83.8 Å². The fourth-order valence-electron chi connectivity index (χ4n) is 4.79. The van der Waals surface area contributed by atoms with Crippen molar-refractivity contribution in [3.05, 3.63) is 84.4 Å². The molecule has 0 bridgehead atoms. The summed E-state index contributed by atoms with van der Waals surface area (Å²) in [6.07, 6.45) is 1.77. The second-order valence-corrected chi connectivity index (χ2v) is 11.3. The van der Waals surface area contributed by atoms with Crippen molar-refractivity contribution in [2.24, 2.45) is 11.7 Å². The number of aliphatic carboxylic acids is 1. The standard InChI is InChI=1S/C28H31NO6S/c1-34-24-14-10-21(11-15-24)22-12-16-26(17-13-22)36(32,33)28(29,27(30)31)23-8-5-9-25(18-23)35-19-20-6-3-2-4-7-20/h2-4,6-7,10-17,23,25H,5,8-9,18-19,29H2,1H3,(H,30,31). The third kappa shape index (κ3) is 5.16. The first kappa shape index (κ1) is 25.9. The maximum absolute atomic E-state index is 13.6. The minimum atomic E-state index is -4.40. The molecule has 36 heavy (non-hydrogen) atoms. The van der Waals surface area contributed by atoms with E-state index in [-0.39, 0.29) is 17.4 Å². The average molecular weight is 510 g/mol. The predicted molar refractivity (Wildman–Crippen MR) is 137 cm³/mol. The van der Waals surface area contributed by atoms with Crippen LogP contribution in [0.5, 0.6) is 5.75 Å². The number of hydrogen-bond donors (Lipinski definition) is 2. The molecular formula is C28H31NO6S. The second kappa shape index (κ2) is 10.8. The molecule has 8 heteroatoms. The molecule has 3 unspecified atom stereocenters. The van der Waals surface area contributed by atoms with Gasteiger partial charge >= 0.3 is 5.97 Å².